The molecule has 6 nitrogen and oxygen atoms in total. The van der Waals surface area contributed by atoms with E-state index in [1.54, 1.807) is 37.3 Å². The van der Waals surface area contributed by atoms with Crippen LogP contribution in [0.5, 0.6) is 5.75 Å². The number of benzene rings is 1. The zero-order valence-corrected chi connectivity index (χ0v) is 11.3. The van der Waals surface area contributed by atoms with Gasteiger partial charge in [-0.1, -0.05) is 12.1 Å². The molecule has 0 saturated heterocycles. The first-order chi connectivity index (χ1) is 10.1. The summed E-state index contributed by atoms with van der Waals surface area (Å²) in [5.41, 5.74) is 0.969. The Labute approximate surface area is 120 Å². The van der Waals surface area contributed by atoms with E-state index in [4.69, 9.17) is 14.3 Å². The molecule has 2 aromatic rings. The number of rotatable bonds is 2. The Morgan fingerprint density at radius 3 is 2.71 bits per heavy atom. The van der Waals surface area contributed by atoms with Crippen LogP contribution < -0.4 is 9.64 Å². The standard InChI is InChI=1S/C15H13NO5/c1-9-10(6-7-20-9)14(17)16-8-13(15(18)19)21-12-5-3-2-4-11(12)16/h2-7,13H,8H2,1H3,(H,18,19). The number of carboxylic acids is 1. The Bertz CT molecular complexity index is 706. The van der Waals surface area contributed by atoms with Gasteiger partial charge in [-0.15, -0.1) is 0 Å². The van der Waals surface area contributed by atoms with E-state index < -0.39 is 12.1 Å². The number of anilines is 1. The van der Waals surface area contributed by atoms with Gasteiger partial charge in [-0.2, -0.15) is 0 Å². The molecule has 3 rings (SSSR count). The van der Waals surface area contributed by atoms with Gasteiger partial charge in [0.05, 0.1) is 24.1 Å². The number of aliphatic carboxylic acids is 1. The average Bonchev–Trinajstić information content (AvgIpc) is 2.91. The highest BCUT2D eigenvalue weighted by atomic mass is 16.5. The van der Waals surface area contributed by atoms with Gasteiger partial charge < -0.3 is 19.2 Å². The number of furan rings is 1. The third-order valence-corrected chi connectivity index (χ3v) is 3.38. The quantitative estimate of drug-likeness (QED) is 0.914. The van der Waals surface area contributed by atoms with E-state index in [0.717, 1.165) is 0 Å². The number of amides is 1. The van der Waals surface area contributed by atoms with Gasteiger partial charge in [-0.05, 0) is 25.1 Å². The maximum atomic E-state index is 12.6. The van der Waals surface area contributed by atoms with Crippen molar-refractivity contribution in [3.63, 3.8) is 0 Å². The Morgan fingerprint density at radius 1 is 1.29 bits per heavy atom. The molecule has 1 aromatic heterocycles. The van der Waals surface area contributed by atoms with Crippen LogP contribution in [0.1, 0.15) is 16.1 Å². The van der Waals surface area contributed by atoms with Crippen molar-refractivity contribution in [3.8, 4) is 5.75 Å². The zero-order chi connectivity index (χ0) is 15.0. The molecule has 0 fully saturated rings. The lowest BCUT2D eigenvalue weighted by Gasteiger charge is -2.32. The summed E-state index contributed by atoms with van der Waals surface area (Å²) < 4.78 is 10.5. The van der Waals surface area contributed by atoms with Crippen LogP contribution in [0, 0.1) is 6.92 Å². The van der Waals surface area contributed by atoms with E-state index in [0.29, 0.717) is 22.8 Å². The molecule has 0 radical (unpaired) electrons. The van der Waals surface area contributed by atoms with Crippen LogP contribution in [0.15, 0.2) is 41.0 Å². The number of carbonyl (C=O) groups excluding carboxylic acids is 1. The number of fused-ring (bicyclic) bond motifs is 1. The van der Waals surface area contributed by atoms with E-state index in [-0.39, 0.29) is 12.5 Å². The van der Waals surface area contributed by atoms with Crippen molar-refractivity contribution in [3.05, 3.63) is 47.9 Å². The molecule has 0 bridgehead atoms. The molecule has 1 amide bonds. The van der Waals surface area contributed by atoms with Crippen LogP contribution in [0.4, 0.5) is 5.69 Å². The second-order valence-corrected chi connectivity index (χ2v) is 4.72. The second-order valence-electron chi connectivity index (χ2n) is 4.72. The minimum atomic E-state index is -1.11. The largest absolute Gasteiger partial charge is 0.478 e. The maximum Gasteiger partial charge on any atom is 0.346 e. The summed E-state index contributed by atoms with van der Waals surface area (Å²) in [6, 6.07) is 8.44. The van der Waals surface area contributed by atoms with Crippen LogP contribution in [0.3, 0.4) is 0 Å². The van der Waals surface area contributed by atoms with Crippen LogP contribution in [0.25, 0.3) is 0 Å². The first kappa shape index (κ1) is 13.2. The van der Waals surface area contributed by atoms with Crippen molar-refractivity contribution < 1.29 is 23.8 Å². The Hall–Kier alpha value is -2.76. The highest BCUT2D eigenvalue weighted by Crippen LogP contribution is 2.34. The third kappa shape index (κ3) is 2.24. The lowest BCUT2D eigenvalue weighted by atomic mass is 10.1. The minimum absolute atomic E-state index is 0.0458. The minimum Gasteiger partial charge on any atom is -0.478 e. The molecular weight excluding hydrogens is 274 g/mol. The summed E-state index contributed by atoms with van der Waals surface area (Å²) in [5, 5.41) is 9.17. The van der Waals surface area contributed by atoms with Gasteiger partial charge in [0.15, 0.2) is 0 Å². The van der Waals surface area contributed by atoms with E-state index in [2.05, 4.69) is 0 Å². The number of para-hydroxylation sites is 2. The van der Waals surface area contributed by atoms with Gasteiger partial charge in [0.25, 0.3) is 5.91 Å². The van der Waals surface area contributed by atoms with E-state index >= 15 is 0 Å². The van der Waals surface area contributed by atoms with Crippen molar-refractivity contribution in [2.75, 3.05) is 11.4 Å². The zero-order valence-electron chi connectivity index (χ0n) is 11.3. The molecule has 1 aliphatic rings. The normalized spacial score (nSPS) is 17.0. The van der Waals surface area contributed by atoms with Crippen LogP contribution in [-0.4, -0.2) is 29.6 Å². The molecule has 1 aliphatic heterocycles. The molecule has 6 heteroatoms. The van der Waals surface area contributed by atoms with Gasteiger partial charge in [-0.25, -0.2) is 4.79 Å². The van der Waals surface area contributed by atoms with Crippen molar-refractivity contribution in [2.24, 2.45) is 0 Å². The first-order valence-electron chi connectivity index (χ1n) is 6.42. The number of nitrogens with zero attached hydrogens (tertiary/aromatic N) is 1. The molecule has 2 heterocycles. The van der Waals surface area contributed by atoms with Crippen LogP contribution >= 0.6 is 0 Å². The number of carboxylic acid groups (broad SMARTS) is 1. The van der Waals surface area contributed by atoms with Gasteiger partial charge in [0.1, 0.15) is 11.5 Å². The van der Waals surface area contributed by atoms with Crippen molar-refractivity contribution in [1.82, 2.24) is 0 Å². The lowest BCUT2D eigenvalue weighted by Crippen LogP contribution is -2.47. The number of ether oxygens (including phenoxy) is 1. The fraction of sp³-hybridized carbons (Fsp3) is 0.200. The predicted octanol–water partition coefficient (Wildman–Crippen LogP) is 2.08. The molecule has 1 unspecified atom stereocenters. The summed E-state index contributed by atoms with van der Waals surface area (Å²) in [5.74, 6) is -0.532. The average molecular weight is 287 g/mol. The van der Waals surface area contributed by atoms with Crippen molar-refractivity contribution in [2.45, 2.75) is 13.0 Å². The highest BCUT2D eigenvalue weighted by Gasteiger charge is 2.34. The van der Waals surface area contributed by atoms with Crippen LogP contribution in [0.2, 0.25) is 0 Å². The van der Waals surface area contributed by atoms with Crippen molar-refractivity contribution in [1.29, 1.82) is 0 Å². The summed E-state index contributed by atoms with van der Waals surface area (Å²) in [4.78, 5) is 25.2. The van der Waals surface area contributed by atoms with Crippen molar-refractivity contribution >= 4 is 17.6 Å². The van der Waals surface area contributed by atoms with Gasteiger partial charge in [-0.3, -0.25) is 4.79 Å². The summed E-state index contributed by atoms with van der Waals surface area (Å²) in [7, 11) is 0. The molecule has 0 spiro atoms. The monoisotopic (exact) mass is 287 g/mol. The number of aryl methyl sites for hydroxylation is 1. The number of hydrogen-bond acceptors (Lipinski definition) is 4. The SMILES string of the molecule is Cc1occc1C(=O)N1CC(C(=O)O)Oc2ccccc21. The molecule has 0 saturated carbocycles. The predicted molar refractivity (Wildman–Crippen MR) is 73.6 cm³/mol. The molecule has 0 aliphatic carbocycles. The summed E-state index contributed by atoms with van der Waals surface area (Å²) in [6.07, 6.45) is 0.347. The highest BCUT2D eigenvalue weighted by molar-refractivity contribution is 6.08. The Balaban J connectivity index is 2.02. The summed E-state index contributed by atoms with van der Waals surface area (Å²) in [6.45, 7) is 1.64. The molecular formula is C15H13NO5. The molecule has 1 N–H and O–H groups in total. The van der Waals surface area contributed by atoms with Crippen LogP contribution in [-0.2, 0) is 4.79 Å². The first-order valence-corrected chi connectivity index (χ1v) is 6.42. The van der Waals surface area contributed by atoms with Gasteiger partial charge in [0.2, 0.25) is 6.10 Å². The maximum absolute atomic E-state index is 12.6. The van der Waals surface area contributed by atoms with E-state index in [9.17, 15) is 9.59 Å². The Kier molecular flexibility index (Phi) is 3.13. The third-order valence-electron chi connectivity index (χ3n) is 3.38. The van der Waals surface area contributed by atoms with Gasteiger partial charge in [0, 0.05) is 0 Å². The molecule has 1 aromatic carbocycles. The number of hydrogen-bond donors (Lipinski definition) is 1. The Morgan fingerprint density at radius 2 is 2.05 bits per heavy atom. The van der Waals surface area contributed by atoms with E-state index in [1.165, 1.54) is 11.2 Å². The lowest BCUT2D eigenvalue weighted by molar-refractivity contribution is -0.144. The summed E-state index contributed by atoms with van der Waals surface area (Å²) >= 11 is 0. The second kappa shape index (κ2) is 4.97. The molecule has 108 valence electrons. The smallest absolute Gasteiger partial charge is 0.346 e. The van der Waals surface area contributed by atoms with E-state index in [1.807, 2.05) is 0 Å². The molecule has 21 heavy (non-hydrogen) atoms. The fourth-order valence-electron chi connectivity index (χ4n) is 2.31. The fourth-order valence-corrected chi connectivity index (χ4v) is 2.31. The van der Waals surface area contributed by atoms with Gasteiger partial charge >= 0.3 is 5.97 Å². The molecule has 1 atom stereocenters. The topological polar surface area (TPSA) is 80.0 Å². The number of carbonyl (C=O) groups is 2.